The van der Waals surface area contributed by atoms with Crippen molar-refractivity contribution < 1.29 is 14.7 Å². The van der Waals surface area contributed by atoms with Gasteiger partial charge in [-0.25, -0.2) is 0 Å². The van der Waals surface area contributed by atoms with E-state index in [1.165, 1.54) is 0 Å². The maximum atomic E-state index is 12.2. The van der Waals surface area contributed by atoms with Crippen LogP contribution in [0.3, 0.4) is 0 Å². The molecule has 25 heavy (non-hydrogen) atoms. The SMILES string of the molecule is CC(C)[C@H](N)C(=O)NCC(=O)N1CCC(C(O)c2ccccc2)CC1. The fourth-order valence-corrected chi connectivity index (χ4v) is 3.08. The number of benzene rings is 1. The number of piperidine rings is 1. The normalized spacial score (nSPS) is 18.0. The first-order valence-electron chi connectivity index (χ1n) is 8.94. The fraction of sp³-hybridized carbons (Fsp3) is 0.579. The minimum absolute atomic E-state index is 0.0227. The van der Waals surface area contributed by atoms with Gasteiger partial charge in [0.15, 0.2) is 0 Å². The van der Waals surface area contributed by atoms with Crippen LogP contribution in [0, 0.1) is 11.8 Å². The molecule has 6 heteroatoms. The summed E-state index contributed by atoms with van der Waals surface area (Å²) in [5.74, 6) is -0.213. The molecule has 4 N–H and O–H groups in total. The van der Waals surface area contributed by atoms with Gasteiger partial charge in [0.05, 0.1) is 18.7 Å². The number of aliphatic hydroxyl groups is 1. The molecule has 1 aliphatic rings. The van der Waals surface area contributed by atoms with E-state index in [9.17, 15) is 14.7 Å². The van der Waals surface area contributed by atoms with E-state index in [1.54, 1.807) is 4.90 Å². The summed E-state index contributed by atoms with van der Waals surface area (Å²) in [7, 11) is 0. The van der Waals surface area contributed by atoms with Crippen molar-refractivity contribution in [3.8, 4) is 0 Å². The van der Waals surface area contributed by atoms with Crippen molar-refractivity contribution in [3.63, 3.8) is 0 Å². The topological polar surface area (TPSA) is 95.7 Å². The van der Waals surface area contributed by atoms with Gasteiger partial charge in [-0.2, -0.15) is 0 Å². The number of carbonyl (C=O) groups is 2. The largest absolute Gasteiger partial charge is 0.388 e. The highest BCUT2D eigenvalue weighted by Crippen LogP contribution is 2.30. The van der Waals surface area contributed by atoms with E-state index in [0.717, 1.165) is 18.4 Å². The lowest BCUT2D eigenvalue weighted by Crippen LogP contribution is -2.49. The van der Waals surface area contributed by atoms with Crippen LogP contribution in [-0.4, -0.2) is 47.5 Å². The van der Waals surface area contributed by atoms with Gasteiger partial charge in [-0.1, -0.05) is 44.2 Å². The molecule has 0 aliphatic carbocycles. The highest BCUT2D eigenvalue weighted by molar-refractivity contribution is 5.87. The highest BCUT2D eigenvalue weighted by atomic mass is 16.3. The number of carbonyl (C=O) groups excluding carboxylic acids is 2. The van der Waals surface area contributed by atoms with Crippen LogP contribution in [0.1, 0.15) is 38.4 Å². The van der Waals surface area contributed by atoms with Crippen LogP contribution in [0.5, 0.6) is 0 Å². The minimum Gasteiger partial charge on any atom is -0.388 e. The highest BCUT2D eigenvalue weighted by Gasteiger charge is 2.28. The van der Waals surface area contributed by atoms with Gasteiger partial charge < -0.3 is 21.1 Å². The van der Waals surface area contributed by atoms with Gasteiger partial charge in [-0.3, -0.25) is 9.59 Å². The van der Waals surface area contributed by atoms with Crippen LogP contribution in [0.15, 0.2) is 30.3 Å². The first-order valence-corrected chi connectivity index (χ1v) is 8.94. The molecule has 0 radical (unpaired) electrons. The molecule has 2 rings (SSSR count). The summed E-state index contributed by atoms with van der Waals surface area (Å²) in [6, 6.07) is 9.02. The number of amides is 2. The summed E-state index contributed by atoms with van der Waals surface area (Å²) >= 11 is 0. The zero-order valence-electron chi connectivity index (χ0n) is 15.0. The summed E-state index contributed by atoms with van der Waals surface area (Å²) in [4.78, 5) is 25.8. The van der Waals surface area contributed by atoms with Gasteiger partial charge >= 0.3 is 0 Å². The molecule has 1 unspecified atom stereocenters. The Bertz CT molecular complexity index is 569. The van der Waals surface area contributed by atoms with Gasteiger partial charge in [-0.15, -0.1) is 0 Å². The predicted octanol–water partition coefficient (Wildman–Crippen LogP) is 1.06. The number of nitrogens with one attached hydrogen (secondary N) is 1. The molecule has 138 valence electrons. The Labute approximate surface area is 149 Å². The van der Waals surface area contributed by atoms with Crippen LogP contribution in [0.4, 0.5) is 0 Å². The van der Waals surface area contributed by atoms with Crippen molar-refractivity contribution in [1.29, 1.82) is 0 Å². The van der Waals surface area contributed by atoms with Crippen molar-refractivity contribution in [3.05, 3.63) is 35.9 Å². The Balaban J connectivity index is 1.78. The van der Waals surface area contributed by atoms with E-state index >= 15 is 0 Å². The molecule has 6 nitrogen and oxygen atoms in total. The first kappa shape index (κ1) is 19.4. The summed E-state index contributed by atoms with van der Waals surface area (Å²) in [6.07, 6.45) is 1.00. The number of aliphatic hydroxyl groups excluding tert-OH is 1. The molecule has 2 atom stereocenters. The van der Waals surface area contributed by atoms with E-state index in [4.69, 9.17) is 5.73 Å². The van der Waals surface area contributed by atoms with Gasteiger partial charge in [0.1, 0.15) is 0 Å². The number of likely N-dealkylation sites (tertiary alicyclic amines) is 1. The Kier molecular flexibility index (Phi) is 6.96. The zero-order chi connectivity index (χ0) is 18.4. The molecule has 0 spiro atoms. The van der Waals surface area contributed by atoms with Crippen molar-refractivity contribution >= 4 is 11.8 Å². The lowest BCUT2D eigenvalue weighted by molar-refractivity contribution is -0.135. The maximum Gasteiger partial charge on any atom is 0.241 e. The number of hydrogen-bond donors (Lipinski definition) is 3. The number of nitrogens with zero attached hydrogens (tertiary/aromatic N) is 1. The molecule has 1 aliphatic heterocycles. The Morgan fingerprint density at radius 1 is 1.24 bits per heavy atom. The van der Waals surface area contributed by atoms with Gasteiger partial charge in [0.2, 0.25) is 11.8 Å². The second kappa shape index (κ2) is 8.97. The zero-order valence-corrected chi connectivity index (χ0v) is 15.0. The molecule has 0 bridgehead atoms. The molecule has 1 aromatic rings. The van der Waals surface area contributed by atoms with Crippen LogP contribution < -0.4 is 11.1 Å². The van der Waals surface area contributed by atoms with E-state index in [2.05, 4.69) is 5.32 Å². The number of rotatable bonds is 6. The smallest absolute Gasteiger partial charge is 0.241 e. The van der Waals surface area contributed by atoms with Crippen LogP contribution in [0.25, 0.3) is 0 Å². The summed E-state index contributed by atoms with van der Waals surface area (Å²) in [5.41, 5.74) is 6.69. The quantitative estimate of drug-likeness (QED) is 0.717. The van der Waals surface area contributed by atoms with E-state index in [1.807, 2.05) is 44.2 Å². The minimum atomic E-state index is -0.598. The third-order valence-corrected chi connectivity index (χ3v) is 4.91. The van der Waals surface area contributed by atoms with Crippen LogP contribution in [-0.2, 0) is 9.59 Å². The molecule has 1 aromatic carbocycles. The van der Waals surface area contributed by atoms with E-state index in [0.29, 0.717) is 13.1 Å². The van der Waals surface area contributed by atoms with E-state index < -0.39 is 12.1 Å². The lowest BCUT2D eigenvalue weighted by atomic mass is 9.87. The van der Waals surface area contributed by atoms with Crippen molar-refractivity contribution in [2.24, 2.45) is 17.6 Å². The van der Waals surface area contributed by atoms with Crippen LogP contribution >= 0.6 is 0 Å². The molecular weight excluding hydrogens is 318 g/mol. The molecule has 1 heterocycles. The maximum absolute atomic E-state index is 12.2. The fourth-order valence-electron chi connectivity index (χ4n) is 3.08. The molecule has 0 aromatic heterocycles. The average molecular weight is 347 g/mol. The Hall–Kier alpha value is -1.92. The van der Waals surface area contributed by atoms with Crippen molar-refractivity contribution in [1.82, 2.24) is 10.2 Å². The summed E-state index contributed by atoms with van der Waals surface area (Å²) in [5, 5.41) is 13.1. The average Bonchev–Trinajstić information content (AvgIpc) is 2.65. The predicted molar refractivity (Wildman–Crippen MR) is 96.5 cm³/mol. The Morgan fingerprint density at radius 3 is 2.40 bits per heavy atom. The third kappa shape index (κ3) is 5.28. The van der Waals surface area contributed by atoms with Gasteiger partial charge in [-0.05, 0) is 30.2 Å². The lowest BCUT2D eigenvalue weighted by Gasteiger charge is -2.34. The van der Waals surface area contributed by atoms with Crippen molar-refractivity contribution in [2.45, 2.75) is 38.8 Å². The first-order chi connectivity index (χ1) is 11.9. The standard InChI is InChI=1S/C19H29N3O3/c1-13(2)17(20)19(25)21-12-16(23)22-10-8-15(9-11-22)18(24)14-6-4-3-5-7-14/h3-7,13,15,17-18,24H,8-12,20H2,1-2H3,(H,21,25)/t17-,18?/m0/s1. The summed E-state index contributed by atoms with van der Waals surface area (Å²) < 4.78 is 0. The van der Waals surface area contributed by atoms with Crippen LogP contribution in [0.2, 0.25) is 0 Å². The van der Waals surface area contributed by atoms with Crippen molar-refractivity contribution in [2.75, 3.05) is 19.6 Å². The Morgan fingerprint density at radius 2 is 1.84 bits per heavy atom. The van der Waals surface area contributed by atoms with Gasteiger partial charge in [0, 0.05) is 13.1 Å². The van der Waals surface area contributed by atoms with Gasteiger partial charge in [0.25, 0.3) is 0 Å². The monoisotopic (exact) mass is 347 g/mol. The number of hydrogen-bond acceptors (Lipinski definition) is 4. The number of nitrogens with two attached hydrogens (primary N) is 1. The third-order valence-electron chi connectivity index (χ3n) is 4.91. The molecule has 1 saturated heterocycles. The molecule has 2 amide bonds. The molecule has 0 saturated carbocycles. The molecular formula is C19H29N3O3. The summed E-state index contributed by atoms with van der Waals surface area (Å²) in [6.45, 7) is 4.91. The second-order valence-electron chi connectivity index (χ2n) is 7.06. The van der Waals surface area contributed by atoms with E-state index in [-0.39, 0.29) is 30.2 Å². The molecule has 1 fully saturated rings. The second-order valence-corrected chi connectivity index (χ2v) is 7.06.